The number of benzene rings is 1. The molecule has 8 heteroatoms. The number of hydrogen-bond donors (Lipinski definition) is 1. The highest BCUT2D eigenvalue weighted by Gasteiger charge is 2.32. The Labute approximate surface area is 142 Å². The summed E-state index contributed by atoms with van der Waals surface area (Å²) in [5.41, 5.74) is -0.916. The number of alkyl halides is 3. The molecule has 1 N–H and O–H groups in total. The average molecular weight is 361 g/mol. The van der Waals surface area contributed by atoms with Gasteiger partial charge in [-0.1, -0.05) is 18.2 Å². The van der Waals surface area contributed by atoms with Gasteiger partial charge in [-0.3, -0.25) is 9.59 Å². The molecule has 1 heterocycles. The molecule has 0 aliphatic carbocycles. The molecule has 1 aromatic rings. The van der Waals surface area contributed by atoms with E-state index in [0.717, 1.165) is 12.1 Å². The molecule has 0 radical (unpaired) electrons. The van der Waals surface area contributed by atoms with Crippen molar-refractivity contribution in [2.75, 3.05) is 18.4 Å². The number of rotatable bonds is 3. The number of nitrogens with one attached hydrogen (secondary N) is 1. The van der Waals surface area contributed by atoms with Gasteiger partial charge in [-0.2, -0.15) is 13.2 Å². The predicted octanol–water partition coefficient (Wildman–Crippen LogP) is 3.72. The fourth-order valence-electron chi connectivity index (χ4n) is 2.56. The monoisotopic (exact) mass is 360 g/mol. The standard InChI is InChI=1S/C16H16ClF3N2O2/c1-2-14(23)22-5-3-10(4-6-22)15(24)21-13-8-11(16(18,19)20)7-12(17)9-13/h2,7-10H,1,3-6H2,(H,21,24). The van der Waals surface area contributed by atoms with E-state index in [4.69, 9.17) is 11.6 Å². The van der Waals surface area contributed by atoms with E-state index in [9.17, 15) is 22.8 Å². The van der Waals surface area contributed by atoms with Gasteiger partial charge < -0.3 is 10.2 Å². The van der Waals surface area contributed by atoms with E-state index in [2.05, 4.69) is 11.9 Å². The van der Waals surface area contributed by atoms with Crippen LogP contribution in [0.25, 0.3) is 0 Å². The Hall–Kier alpha value is -2.02. The van der Waals surface area contributed by atoms with Gasteiger partial charge >= 0.3 is 6.18 Å². The highest BCUT2D eigenvalue weighted by Crippen LogP contribution is 2.33. The zero-order chi connectivity index (χ0) is 17.9. The summed E-state index contributed by atoms with van der Waals surface area (Å²) in [5, 5.41) is 2.37. The Morgan fingerprint density at radius 1 is 1.25 bits per heavy atom. The number of anilines is 1. The summed E-state index contributed by atoms with van der Waals surface area (Å²) >= 11 is 5.69. The Bertz CT molecular complexity index is 653. The molecule has 0 atom stereocenters. The van der Waals surface area contributed by atoms with Crippen molar-refractivity contribution >= 4 is 29.1 Å². The zero-order valence-corrected chi connectivity index (χ0v) is 13.5. The second-order valence-corrected chi connectivity index (χ2v) is 5.96. The minimum Gasteiger partial charge on any atom is -0.339 e. The lowest BCUT2D eigenvalue weighted by atomic mass is 9.95. The number of likely N-dealkylation sites (tertiary alicyclic amines) is 1. The fraction of sp³-hybridized carbons (Fsp3) is 0.375. The smallest absolute Gasteiger partial charge is 0.339 e. The lowest BCUT2D eigenvalue weighted by molar-refractivity contribution is -0.137. The topological polar surface area (TPSA) is 49.4 Å². The van der Waals surface area contributed by atoms with Gasteiger partial charge in [0, 0.05) is 29.7 Å². The Morgan fingerprint density at radius 3 is 2.42 bits per heavy atom. The summed E-state index contributed by atoms with van der Waals surface area (Å²) in [7, 11) is 0. The number of nitrogens with zero attached hydrogens (tertiary/aromatic N) is 1. The van der Waals surface area contributed by atoms with Crippen molar-refractivity contribution in [3.63, 3.8) is 0 Å². The first-order chi connectivity index (χ1) is 11.2. The van der Waals surface area contributed by atoms with Gasteiger partial charge in [-0.15, -0.1) is 0 Å². The second kappa shape index (κ2) is 7.25. The van der Waals surface area contributed by atoms with E-state index in [-0.39, 0.29) is 28.4 Å². The summed E-state index contributed by atoms with van der Waals surface area (Å²) in [6.07, 6.45) is -2.44. The van der Waals surface area contributed by atoms with Crippen molar-refractivity contribution in [3.05, 3.63) is 41.4 Å². The predicted molar refractivity (Wildman–Crippen MR) is 84.6 cm³/mol. The SMILES string of the molecule is C=CC(=O)N1CCC(C(=O)Nc2cc(Cl)cc(C(F)(F)F)c2)CC1. The number of amides is 2. The molecular weight excluding hydrogens is 345 g/mol. The number of carbonyl (C=O) groups excluding carboxylic acids is 2. The lowest BCUT2D eigenvalue weighted by Crippen LogP contribution is -2.40. The van der Waals surface area contributed by atoms with Crippen molar-refractivity contribution < 1.29 is 22.8 Å². The van der Waals surface area contributed by atoms with Crippen molar-refractivity contribution in [2.24, 2.45) is 5.92 Å². The molecule has 2 rings (SSSR count). The minimum atomic E-state index is -4.54. The van der Waals surface area contributed by atoms with Crippen LogP contribution in [-0.4, -0.2) is 29.8 Å². The molecule has 130 valence electrons. The van der Waals surface area contributed by atoms with Crippen LogP contribution in [0.1, 0.15) is 18.4 Å². The lowest BCUT2D eigenvalue weighted by Gasteiger charge is -2.30. The maximum Gasteiger partial charge on any atom is 0.416 e. The zero-order valence-electron chi connectivity index (χ0n) is 12.7. The van der Waals surface area contributed by atoms with Crippen molar-refractivity contribution in [1.82, 2.24) is 4.90 Å². The van der Waals surface area contributed by atoms with Gasteiger partial charge in [0.15, 0.2) is 0 Å². The maximum absolute atomic E-state index is 12.8. The molecule has 0 bridgehead atoms. The van der Waals surface area contributed by atoms with Crippen molar-refractivity contribution in [2.45, 2.75) is 19.0 Å². The number of carbonyl (C=O) groups is 2. The van der Waals surface area contributed by atoms with E-state index in [1.54, 1.807) is 4.90 Å². The molecule has 1 aliphatic heterocycles. The summed E-state index contributed by atoms with van der Waals surface area (Å²) in [5.74, 6) is -0.943. The fourth-order valence-corrected chi connectivity index (χ4v) is 2.80. The largest absolute Gasteiger partial charge is 0.416 e. The van der Waals surface area contributed by atoms with Gasteiger partial charge in [0.2, 0.25) is 11.8 Å². The molecule has 0 aromatic heterocycles. The van der Waals surface area contributed by atoms with Gasteiger partial charge in [-0.25, -0.2) is 0 Å². The first kappa shape index (κ1) is 18.3. The molecule has 4 nitrogen and oxygen atoms in total. The van der Waals surface area contributed by atoms with E-state index < -0.39 is 11.7 Å². The number of hydrogen-bond acceptors (Lipinski definition) is 2. The average Bonchev–Trinajstić information content (AvgIpc) is 2.53. The third kappa shape index (κ3) is 4.50. The number of piperidine rings is 1. The first-order valence-electron chi connectivity index (χ1n) is 7.30. The molecule has 1 aromatic carbocycles. The van der Waals surface area contributed by atoms with E-state index in [1.165, 1.54) is 12.1 Å². The maximum atomic E-state index is 12.8. The summed E-state index contributed by atoms with van der Waals surface area (Å²) in [4.78, 5) is 25.3. The first-order valence-corrected chi connectivity index (χ1v) is 7.68. The van der Waals surface area contributed by atoms with Crippen LogP contribution in [0.15, 0.2) is 30.9 Å². The van der Waals surface area contributed by atoms with Crippen LogP contribution in [0.2, 0.25) is 5.02 Å². The molecule has 0 spiro atoms. The van der Waals surface area contributed by atoms with Gasteiger partial charge in [-0.05, 0) is 37.1 Å². The van der Waals surface area contributed by atoms with Crippen LogP contribution >= 0.6 is 11.6 Å². The molecule has 2 amide bonds. The molecule has 24 heavy (non-hydrogen) atoms. The van der Waals surface area contributed by atoms with Crippen LogP contribution < -0.4 is 5.32 Å². The Kier molecular flexibility index (Phi) is 5.54. The highest BCUT2D eigenvalue weighted by molar-refractivity contribution is 6.31. The molecule has 0 saturated carbocycles. The quantitative estimate of drug-likeness (QED) is 0.835. The molecular formula is C16H16ClF3N2O2. The van der Waals surface area contributed by atoms with Gasteiger partial charge in [0.25, 0.3) is 0 Å². The third-order valence-electron chi connectivity index (χ3n) is 3.84. The van der Waals surface area contributed by atoms with Crippen LogP contribution in [0.4, 0.5) is 18.9 Å². The summed E-state index contributed by atoms with van der Waals surface area (Å²) in [6.45, 7) is 4.23. The third-order valence-corrected chi connectivity index (χ3v) is 4.06. The van der Waals surface area contributed by atoms with E-state index in [0.29, 0.717) is 25.9 Å². The van der Waals surface area contributed by atoms with Gasteiger partial charge in [0.05, 0.1) is 5.56 Å². The van der Waals surface area contributed by atoms with Crippen LogP contribution in [0.5, 0.6) is 0 Å². The summed E-state index contributed by atoms with van der Waals surface area (Å²) in [6, 6.07) is 2.92. The molecule has 1 aliphatic rings. The summed E-state index contributed by atoms with van der Waals surface area (Å²) < 4.78 is 38.3. The van der Waals surface area contributed by atoms with Crippen molar-refractivity contribution in [3.8, 4) is 0 Å². The second-order valence-electron chi connectivity index (χ2n) is 5.52. The molecule has 1 fully saturated rings. The van der Waals surface area contributed by atoms with E-state index >= 15 is 0 Å². The van der Waals surface area contributed by atoms with Crippen LogP contribution in [-0.2, 0) is 15.8 Å². The molecule has 1 saturated heterocycles. The highest BCUT2D eigenvalue weighted by atomic mass is 35.5. The van der Waals surface area contributed by atoms with Crippen LogP contribution in [0.3, 0.4) is 0 Å². The number of halogens is 4. The van der Waals surface area contributed by atoms with Gasteiger partial charge in [0.1, 0.15) is 0 Å². The van der Waals surface area contributed by atoms with Crippen molar-refractivity contribution in [1.29, 1.82) is 0 Å². The Morgan fingerprint density at radius 2 is 1.88 bits per heavy atom. The van der Waals surface area contributed by atoms with E-state index in [1.807, 2.05) is 0 Å². The van der Waals surface area contributed by atoms with Crippen LogP contribution in [0, 0.1) is 5.92 Å². The Balaban J connectivity index is 2.02. The minimum absolute atomic E-state index is 0.00409. The normalized spacial score (nSPS) is 15.9. The molecule has 0 unspecified atom stereocenters.